The Morgan fingerprint density at radius 2 is 1.53 bits per heavy atom. The van der Waals surface area contributed by atoms with E-state index in [2.05, 4.69) is 65.7 Å². The van der Waals surface area contributed by atoms with E-state index in [1.54, 1.807) is 0 Å². The van der Waals surface area contributed by atoms with Crippen LogP contribution in [-0.4, -0.2) is 35.7 Å². The third kappa shape index (κ3) is 1.64. The van der Waals surface area contributed by atoms with Crippen LogP contribution < -0.4 is 0 Å². The van der Waals surface area contributed by atoms with Crippen LogP contribution in [0.2, 0.25) is 0 Å². The number of allylic oxidation sites excluding steroid dienone is 1. The Morgan fingerprint density at radius 3 is 1.80 bits per heavy atom. The van der Waals surface area contributed by atoms with Crippen molar-refractivity contribution in [1.82, 2.24) is 10.0 Å². The highest BCUT2D eigenvalue weighted by molar-refractivity contribution is 5.25. The molecule has 2 nitrogen and oxygen atoms in total. The summed E-state index contributed by atoms with van der Waals surface area (Å²) in [6.07, 6.45) is 0. The molecule has 0 aromatic heterocycles. The maximum atomic E-state index is 2.39. The fourth-order valence-corrected chi connectivity index (χ4v) is 2.78. The van der Waals surface area contributed by atoms with Gasteiger partial charge >= 0.3 is 0 Å². The van der Waals surface area contributed by atoms with E-state index in [0.29, 0.717) is 12.0 Å². The number of hydrazine groups is 1. The van der Waals surface area contributed by atoms with E-state index in [0.717, 1.165) is 0 Å². The molecule has 0 aromatic rings. The first-order valence-corrected chi connectivity index (χ1v) is 5.85. The molecule has 0 aliphatic carbocycles. The maximum absolute atomic E-state index is 2.39. The summed E-state index contributed by atoms with van der Waals surface area (Å²) in [6, 6.07) is 0.606. The second kappa shape index (κ2) is 3.91. The molecule has 1 rings (SSSR count). The number of rotatable bonds is 1. The number of nitrogens with zero attached hydrogens (tertiary/aromatic N) is 2. The van der Waals surface area contributed by atoms with Crippen LogP contribution >= 0.6 is 0 Å². The van der Waals surface area contributed by atoms with E-state index in [4.69, 9.17) is 0 Å². The molecule has 0 saturated carbocycles. The summed E-state index contributed by atoms with van der Waals surface area (Å²) in [5, 5.41) is 4.75. The highest BCUT2D eigenvalue weighted by Crippen LogP contribution is 2.42. The van der Waals surface area contributed by atoms with Gasteiger partial charge in [-0.15, -0.1) is 0 Å². The highest BCUT2D eigenvalue weighted by Gasteiger charge is 2.49. The molecule has 1 aliphatic rings. The largest absolute Gasteiger partial charge is 0.241 e. The van der Waals surface area contributed by atoms with Crippen molar-refractivity contribution in [2.45, 2.75) is 53.1 Å². The molecule has 0 bridgehead atoms. The van der Waals surface area contributed by atoms with E-state index in [9.17, 15) is 0 Å². The second-order valence-corrected chi connectivity index (χ2v) is 5.40. The molecule has 0 spiro atoms. The second-order valence-electron chi connectivity index (χ2n) is 5.40. The number of hydrogen-bond acceptors (Lipinski definition) is 2. The van der Waals surface area contributed by atoms with Gasteiger partial charge in [0, 0.05) is 20.1 Å². The Balaban J connectivity index is 3.19. The van der Waals surface area contributed by atoms with Crippen molar-refractivity contribution in [2.75, 3.05) is 14.1 Å². The Kier molecular flexibility index (Phi) is 3.32. The van der Waals surface area contributed by atoms with E-state index < -0.39 is 0 Å². The van der Waals surface area contributed by atoms with E-state index in [1.165, 1.54) is 11.1 Å². The SMILES string of the molecule is CC(C)=C(C)C1(C)C(C)C(C)N(C)N1C. The zero-order chi connectivity index (χ0) is 12.0. The van der Waals surface area contributed by atoms with Crippen LogP contribution in [0.4, 0.5) is 0 Å². The van der Waals surface area contributed by atoms with Crippen molar-refractivity contribution >= 4 is 0 Å². The summed E-state index contributed by atoms with van der Waals surface area (Å²) >= 11 is 0. The lowest BCUT2D eigenvalue weighted by molar-refractivity contribution is 0.00443. The predicted molar refractivity (Wildman–Crippen MR) is 66.6 cm³/mol. The maximum Gasteiger partial charge on any atom is 0.0574 e. The number of likely N-dealkylation sites (N-methyl/N-ethyl adjacent to an activating group) is 1. The Bertz CT molecular complexity index is 262. The first kappa shape index (κ1) is 12.7. The average molecular weight is 210 g/mol. The zero-order valence-corrected chi connectivity index (χ0v) is 11.5. The number of hydrogen-bond donors (Lipinski definition) is 0. The molecule has 0 aromatic carbocycles. The third-order valence-electron chi connectivity index (χ3n) is 4.85. The van der Waals surface area contributed by atoms with Crippen molar-refractivity contribution < 1.29 is 0 Å². The van der Waals surface area contributed by atoms with Gasteiger partial charge in [-0.2, -0.15) is 0 Å². The van der Waals surface area contributed by atoms with Gasteiger partial charge in [0.15, 0.2) is 0 Å². The lowest BCUT2D eigenvalue weighted by Gasteiger charge is -2.39. The summed E-state index contributed by atoms with van der Waals surface area (Å²) in [6.45, 7) is 13.7. The normalized spacial score (nSPS) is 38.4. The van der Waals surface area contributed by atoms with Gasteiger partial charge in [-0.25, -0.2) is 10.0 Å². The molecule has 15 heavy (non-hydrogen) atoms. The molecule has 0 radical (unpaired) electrons. The van der Waals surface area contributed by atoms with Gasteiger partial charge in [0.25, 0.3) is 0 Å². The van der Waals surface area contributed by atoms with E-state index in [-0.39, 0.29) is 5.54 Å². The van der Waals surface area contributed by atoms with Crippen LogP contribution in [0.25, 0.3) is 0 Å². The van der Waals surface area contributed by atoms with Gasteiger partial charge in [0.1, 0.15) is 0 Å². The predicted octanol–water partition coefficient (Wildman–Crippen LogP) is 2.92. The van der Waals surface area contributed by atoms with Crippen molar-refractivity contribution in [1.29, 1.82) is 0 Å². The summed E-state index contributed by atoms with van der Waals surface area (Å²) in [5.74, 6) is 0.655. The van der Waals surface area contributed by atoms with E-state index in [1.807, 2.05) is 0 Å². The minimum absolute atomic E-state index is 0.174. The minimum atomic E-state index is 0.174. The molecule has 0 N–H and O–H groups in total. The molecule has 1 fully saturated rings. The molecule has 1 heterocycles. The van der Waals surface area contributed by atoms with Crippen molar-refractivity contribution in [3.8, 4) is 0 Å². The van der Waals surface area contributed by atoms with Gasteiger partial charge in [0.05, 0.1) is 5.54 Å². The topological polar surface area (TPSA) is 6.48 Å². The summed E-state index contributed by atoms with van der Waals surface area (Å²) < 4.78 is 0. The van der Waals surface area contributed by atoms with Gasteiger partial charge in [-0.1, -0.05) is 18.1 Å². The average Bonchev–Trinajstić information content (AvgIpc) is 2.34. The lowest BCUT2D eigenvalue weighted by atomic mass is 9.77. The van der Waals surface area contributed by atoms with Crippen LogP contribution in [0.1, 0.15) is 41.5 Å². The molecule has 3 atom stereocenters. The first-order chi connectivity index (χ1) is 6.74. The molecular formula is C13H26N2. The van der Waals surface area contributed by atoms with Crippen LogP contribution in [0.3, 0.4) is 0 Å². The summed E-state index contributed by atoms with van der Waals surface area (Å²) in [4.78, 5) is 0. The van der Waals surface area contributed by atoms with Gasteiger partial charge in [0.2, 0.25) is 0 Å². The van der Waals surface area contributed by atoms with E-state index >= 15 is 0 Å². The monoisotopic (exact) mass is 210 g/mol. The standard InChI is InChI=1S/C13H26N2/c1-9(2)10(3)13(6)11(4)12(5)14(7)15(13)8/h11-12H,1-8H3. The third-order valence-corrected chi connectivity index (χ3v) is 4.85. The molecule has 3 unspecified atom stereocenters. The first-order valence-electron chi connectivity index (χ1n) is 5.85. The summed E-state index contributed by atoms with van der Waals surface area (Å²) in [5.41, 5.74) is 3.12. The van der Waals surface area contributed by atoms with Crippen molar-refractivity contribution in [3.63, 3.8) is 0 Å². The Morgan fingerprint density at radius 1 is 1.07 bits per heavy atom. The minimum Gasteiger partial charge on any atom is -0.241 e. The summed E-state index contributed by atoms with van der Waals surface area (Å²) in [7, 11) is 4.39. The van der Waals surface area contributed by atoms with Crippen LogP contribution in [0.5, 0.6) is 0 Å². The molecular weight excluding hydrogens is 184 g/mol. The zero-order valence-electron chi connectivity index (χ0n) is 11.5. The molecule has 88 valence electrons. The molecule has 1 saturated heterocycles. The smallest absolute Gasteiger partial charge is 0.0574 e. The highest BCUT2D eigenvalue weighted by atomic mass is 15.7. The molecule has 0 amide bonds. The molecule has 2 heteroatoms. The van der Waals surface area contributed by atoms with Crippen LogP contribution in [0.15, 0.2) is 11.1 Å². The molecule has 1 aliphatic heterocycles. The van der Waals surface area contributed by atoms with Crippen LogP contribution in [-0.2, 0) is 0 Å². The van der Waals surface area contributed by atoms with Gasteiger partial charge in [-0.05, 0) is 40.5 Å². The van der Waals surface area contributed by atoms with Gasteiger partial charge < -0.3 is 0 Å². The quantitative estimate of drug-likeness (QED) is 0.614. The Hall–Kier alpha value is -0.340. The van der Waals surface area contributed by atoms with Crippen LogP contribution in [0, 0.1) is 5.92 Å². The Labute approximate surface area is 94.9 Å². The lowest BCUT2D eigenvalue weighted by Crippen LogP contribution is -2.47. The fraction of sp³-hybridized carbons (Fsp3) is 0.846. The van der Waals surface area contributed by atoms with Crippen molar-refractivity contribution in [3.05, 3.63) is 11.1 Å². The van der Waals surface area contributed by atoms with Crippen molar-refractivity contribution in [2.24, 2.45) is 5.92 Å². The van der Waals surface area contributed by atoms with Gasteiger partial charge in [-0.3, -0.25) is 0 Å². The fourth-order valence-electron chi connectivity index (χ4n) is 2.78.